The van der Waals surface area contributed by atoms with Crippen LogP contribution in [0, 0.1) is 0 Å². The van der Waals surface area contributed by atoms with Gasteiger partial charge >= 0.3 is 0 Å². The van der Waals surface area contributed by atoms with Crippen LogP contribution in [0.15, 0.2) is 52.6 Å². The van der Waals surface area contributed by atoms with E-state index in [2.05, 4.69) is 20.7 Å². The lowest BCUT2D eigenvalue weighted by Gasteiger charge is -2.15. The van der Waals surface area contributed by atoms with Gasteiger partial charge in [-0.2, -0.15) is 5.10 Å². The molecule has 0 bridgehead atoms. The molecule has 2 N–H and O–H groups in total. The molecule has 0 aliphatic heterocycles. The van der Waals surface area contributed by atoms with Gasteiger partial charge in [-0.25, -0.2) is 17.7 Å². The second-order valence-corrected chi connectivity index (χ2v) is 8.26. The molecule has 8 nitrogen and oxygen atoms in total. The number of rotatable bonds is 9. The van der Waals surface area contributed by atoms with Crippen LogP contribution in [-0.4, -0.2) is 55.6 Å². The van der Waals surface area contributed by atoms with E-state index in [0.717, 1.165) is 26.1 Å². The zero-order chi connectivity index (χ0) is 19.7. The van der Waals surface area contributed by atoms with Crippen LogP contribution in [-0.2, 0) is 23.1 Å². The SMILES string of the molecule is CCNC(=NCc1ccccc1S(=O)(=O)N(C)C)NCCCn1cccn1. The summed E-state index contributed by atoms with van der Waals surface area (Å²) in [6, 6.07) is 8.86. The Morgan fingerprint density at radius 1 is 1.22 bits per heavy atom. The monoisotopic (exact) mass is 392 g/mol. The summed E-state index contributed by atoms with van der Waals surface area (Å²) in [5, 5.41) is 10.6. The molecule has 0 spiro atoms. The van der Waals surface area contributed by atoms with E-state index < -0.39 is 10.0 Å². The first-order valence-corrected chi connectivity index (χ1v) is 10.4. The minimum atomic E-state index is -3.50. The summed E-state index contributed by atoms with van der Waals surface area (Å²) in [6.07, 6.45) is 4.59. The van der Waals surface area contributed by atoms with Crippen LogP contribution in [0.3, 0.4) is 0 Å². The van der Waals surface area contributed by atoms with E-state index in [1.165, 1.54) is 18.4 Å². The number of nitrogens with one attached hydrogen (secondary N) is 2. The second-order valence-electron chi connectivity index (χ2n) is 6.14. The molecule has 0 saturated carbocycles. The van der Waals surface area contributed by atoms with Crippen molar-refractivity contribution in [3.8, 4) is 0 Å². The van der Waals surface area contributed by atoms with E-state index in [0.29, 0.717) is 11.5 Å². The normalized spacial score (nSPS) is 12.4. The van der Waals surface area contributed by atoms with Crippen LogP contribution in [0.1, 0.15) is 18.9 Å². The van der Waals surface area contributed by atoms with Crippen molar-refractivity contribution >= 4 is 16.0 Å². The third kappa shape index (κ3) is 6.07. The minimum Gasteiger partial charge on any atom is -0.357 e. The molecule has 0 radical (unpaired) electrons. The fraction of sp³-hybridized carbons (Fsp3) is 0.444. The summed E-state index contributed by atoms with van der Waals surface area (Å²) in [6.45, 7) is 4.55. The van der Waals surface area contributed by atoms with E-state index in [-0.39, 0.29) is 11.4 Å². The van der Waals surface area contributed by atoms with Gasteiger partial charge < -0.3 is 10.6 Å². The summed E-state index contributed by atoms with van der Waals surface area (Å²) >= 11 is 0. The average Bonchev–Trinajstić information content (AvgIpc) is 3.16. The molecule has 1 aromatic carbocycles. The van der Waals surface area contributed by atoms with Crippen molar-refractivity contribution in [3.05, 3.63) is 48.3 Å². The lowest BCUT2D eigenvalue weighted by atomic mass is 10.2. The molecule has 2 aromatic rings. The Kier molecular flexibility index (Phi) is 7.81. The topological polar surface area (TPSA) is 91.6 Å². The van der Waals surface area contributed by atoms with Gasteiger partial charge in [0.15, 0.2) is 5.96 Å². The maximum absolute atomic E-state index is 12.5. The average molecular weight is 393 g/mol. The fourth-order valence-electron chi connectivity index (χ4n) is 2.47. The molecular weight excluding hydrogens is 364 g/mol. The molecule has 0 atom stereocenters. The number of aryl methyl sites for hydroxylation is 1. The zero-order valence-electron chi connectivity index (χ0n) is 16.1. The molecule has 1 aromatic heterocycles. The van der Waals surface area contributed by atoms with Gasteiger partial charge in [0.2, 0.25) is 10.0 Å². The van der Waals surface area contributed by atoms with Crippen LogP contribution in [0.25, 0.3) is 0 Å². The zero-order valence-corrected chi connectivity index (χ0v) is 16.9. The van der Waals surface area contributed by atoms with Gasteiger partial charge in [-0.05, 0) is 31.0 Å². The number of sulfonamides is 1. The number of guanidine groups is 1. The van der Waals surface area contributed by atoms with E-state index in [4.69, 9.17) is 0 Å². The molecule has 0 amide bonds. The van der Waals surface area contributed by atoms with Crippen LogP contribution in [0.5, 0.6) is 0 Å². The number of hydrogen-bond acceptors (Lipinski definition) is 4. The minimum absolute atomic E-state index is 0.276. The van der Waals surface area contributed by atoms with Gasteiger partial charge in [0.25, 0.3) is 0 Å². The van der Waals surface area contributed by atoms with Crippen molar-refractivity contribution < 1.29 is 8.42 Å². The summed E-state index contributed by atoms with van der Waals surface area (Å²) in [5.41, 5.74) is 0.667. The van der Waals surface area contributed by atoms with E-state index in [9.17, 15) is 8.42 Å². The van der Waals surface area contributed by atoms with E-state index >= 15 is 0 Å². The summed E-state index contributed by atoms with van der Waals surface area (Å²) in [4.78, 5) is 4.83. The Morgan fingerprint density at radius 3 is 2.67 bits per heavy atom. The van der Waals surface area contributed by atoms with Crippen molar-refractivity contribution in [2.75, 3.05) is 27.2 Å². The number of aliphatic imine (C=N–C) groups is 1. The van der Waals surface area contributed by atoms with Gasteiger partial charge in [0.05, 0.1) is 11.4 Å². The van der Waals surface area contributed by atoms with Gasteiger partial charge in [0, 0.05) is 46.1 Å². The van der Waals surface area contributed by atoms with Gasteiger partial charge in [0.1, 0.15) is 0 Å². The highest BCUT2D eigenvalue weighted by atomic mass is 32.2. The van der Waals surface area contributed by atoms with Crippen LogP contribution in [0.2, 0.25) is 0 Å². The molecule has 0 fully saturated rings. The molecule has 27 heavy (non-hydrogen) atoms. The Hall–Kier alpha value is -2.39. The van der Waals surface area contributed by atoms with Crippen molar-refractivity contribution in [1.82, 2.24) is 24.7 Å². The smallest absolute Gasteiger partial charge is 0.242 e. The highest BCUT2D eigenvalue weighted by Gasteiger charge is 2.20. The maximum atomic E-state index is 12.5. The summed E-state index contributed by atoms with van der Waals surface area (Å²) in [7, 11) is -0.443. The Balaban J connectivity index is 2.02. The van der Waals surface area contributed by atoms with Gasteiger partial charge in [-0.15, -0.1) is 0 Å². The number of aromatic nitrogens is 2. The molecule has 0 unspecified atom stereocenters. The predicted octanol–water partition coefficient (Wildman–Crippen LogP) is 1.28. The summed E-state index contributed by atoms with van der Waals surface area (Å²) < 4.78 is 28.1. The molecule has 2 rings (SSSR count). The van der Waals surface area contributed by atoms with Crippen molar-refractivity contribution in [2.24, 2.45) is 4.99 Å². The highest BCUT2D eigenvalue weighted by molar-refractivity contribution is 7.89. The quantitative estimate of drug-likeness (QED) is 0.381. The molecule has 0 aliphatic carbocycles. The van der Waals surface area contributed by atoms with Crippen LogP contribution in [0.4, 0.5) is 0 Å². The van der Waals surface area contributed by atoms with Gasteiger partial charge in [-0.3, -0.25) is 4.68 Å². The van der Waals surface area contributed by atoms with Crippen molar-refractivity contribution in [2.45, 2.75) is 31.3 Å². The Morgan fingerprint density at radius 2 is 2.00 bits per heavy atom. The largest absolute Gasteiger partial charge is 0.357 e. The number of hydrogen-bond donors (Lipinski definition) is 2. The van der Waals surface area contributed by atoms with Gasteiger partial charge in [-0.1, -0.05) is 18.2 Å². The number of nitrogens with zero attached hydrogens (tertiary/aromatic N) is 4. The lowest BCUT2D eigenvalue weighted by Crippen LogP contribution is -2.38. The second kappa shape index (κ2) is 10.1. The molecular formula is C18H28N6O2S. The molecule has 9 heteroatoms. The first-order chi connectivity index (χ1) is 12.9. The third-order valence-electron chi connectivity index (χ3n) is 3.90. The molecule has 0 aliphatic rings. The molecule has 0 saturated heterocycles. The fourth-order valence-corrected chi connectivity index (χ4v) is 3.58. The maximum Gasteiger partial charge on any atom is 0.242 e. The standard InChI is InChI=1S/C18H28N6O2S/c1-4-19-18(20-11-7-13-24-14-8-12-22-24)21-15-16-9-5-6-10-17(16)27(25,26)23(2)3/h5-6,8-10,12,14H,4,7,11,13,15H2,1-3H3,(H2,19,20,21). The first-order valence-electron chi connectivity index (χ1n) is 8.95. The summed E-state index contributed by atoms with van der Waals surface area (Å²) in [5.74, 6) is 0.662. The lowest BCUT2D eigenvalue weighted by molar-refractivity contribution is 0.519. The molecule has 1 heterocycles. The number of benzene rings is 1. The van der Waals surface area contributed by atoms with Crippen LogP contribution < -0.4 is 10.6 Å². The van der Waals surface area contributed by atoms with Crippen molar-refractivity contribution in [1.29, 1.82) is 0 Å². The van der Waals surface area contributed by atoms with E-state index in [1.54, 1.807) is 24.4 Å². The predicted molar refractivity (Wildman–Crippen MR) is 107 cm³/mol. The van der Waals surface area contributed by atoms with Crippen LogP contribution >= 0.6 is 0 Å². The third-order valence-corrected chi connectivity index (χ3v) is 5.81. The highest BCUT2D eigenvalue weighted by Crippen LogP contribution is 2.19. The van der Waals surface area contributed by atoms with E-state index in [1.807, 2.05) is 29.9 Å². The van der Waals surface area contributed by atoms with Crippen molar-refractivity contribution in [3.63, 3.8) is 0 Å². The molecule has 148 valence electrons. The first kappa shape index (κ1) is 20.9. The Labute approximate surface area is 161 Å². The Bertz CT molecular complexity index is 831.